The molecule has 1 aliphatic rings. The monoisotopic (exact) mass is 329 g/mol. The highest BCUT2D eigenvalue weighted by Gasteiger charge is 2.27. The first kappa shape index (κ1) is 15.4. The maximum absolute atomic E-state index is 12.7. The van der Waals surface area contributed by atoms with Crippen LogP contribution in [0, 0.1) is 5.92 Å². The molecule has 0 saturated carbocycles. The van der Waals surface area contributed by atoms with Crippen molar-refractivity contribution >= 4 is 22.3 Å². The number of carbonyl (C=O) groups is 1. The molecule has 0 aliphatic carbocycles. The van der Waals surface area contributed by atoms with E-state index < -0.39 is 0 Å². The fourth-order valence-corrected chi connectivity index (χ4v) is 3.30. The largest absolute Gasteiger partial charge is 0.389 e. The topological polar surface area (TPSA) is 54.0 Å². The van der Waals surface area contributed by atoms with Crippen molar-refractivity contribution in [2.24, 2.45) is 5.92 Å². The van der Waals surface area contributed by atoms with E-state index in [1.807, 2.05) is 67.0 Å². The maximum atomic E-state index is 12.7. The lowest BCUT2D eigenvalue weighted by molar-refractivity contribution is -0.123. The third-order valence-electron chi connectivity index (χ3n) is 4.60. The van der Waals surface area contributed by atoms with Gasteiger partial charge in [-0.3, -0.25) is 9.78 Å². The molecule has 1 aromatic heterocycles. The fourth-order valence-electron chi connectivity index (χ4n) is 3.30. The molecule has 2 N–H and O–H groups in total. The van der Waals surface area contributed by atoms with Gasteiger partial charge in [0.05, 0.1) is 5.92 Å². The molecule has 0 unspecified atom stereocenters. The molecule has 4 nitrogen and oxygen atoms in total. The molecule has 2 aromatic carbocycles. The number of hydrogen-bond acceptors (Lipinski definition) is 3. The normalized spacial score (nSPS) is 16.3. The van der Waals surface area contributed by atoms with Crippen LogP contribution in [0.2, 0.25) is 0 Å². The molecule has 0 fully saturated rings. The van der Waals surface area contributed by atoms with Gasteiger partial charge in [-0.15, -0.1) is 0 Å². The van der Waals surface area contributed by atoms with Crippen molar-refractivity contribution in [3.63, 3.8) is 0 Å². The van der Waals surface area contributed by atoms with Gasteiger partial charge < -0.3 is 10.6 Å². The second-order valence-electron chi connectivity index (χ2n) is 6.16. The van der Waals surface area contributed by atoms with Crippen molar-refractivity contribution in [1.82, 2.24) is 15.6 Å². The van der Waals surface area contributed by atoms with Crippen LogP contribution in [-0.4, -0.2) is 17.4 Å². The zero-order chi connectivity index (χ0) is 17.1. The number of hydrogen-bond donors (Lipinski definition) is 2. The molecule has 0 radical (unpaired) electrons. The van der Waals surface area contributed by atoms with E-state index in [1.165, 1.54) is 0 Å². The number of nitrogens with zero attached hydrogens (tertiary/aromatic N) is 1. The summed E-state index contributed by atoms with van der Waals surface area (Å²) in [7, 11) is 0. The number of nitrogens with one attached hydrogen (secondary N) is 2. The Bertz CT molecular complexity index is 929. The van der Waals surface area contributed by atoms with Gasteiger partial charge in [-0.2, -0.15) is 0 Å². The number of aromatic nitrogens is 1. The molecule has 3 aromatic rings. The molecule has 1 aliphatic heterocycles. The molecule has 4 rings (SSSR count). The van der Waals surface area contributed by atoms with Gasteiger partial charge in [0.2, 0.25) is 5.91 Å². The van der Waals surface area contributed by atoms with Gasteiger partial charge in [-0.25, -0.2) is 0 Å². The van der Waals surface area contributed by atoms with Gasteiger partial charge in [0.25, 0.3) is 0 Å². The first-order chi connectivity index (χ1) is 12.3. The van der Waals surface area contributed by atoms with Crippen LogP contribution in [0.25, 0.3) is 16.3 Å². The van der Waals surface area contributed by atoms with E-state index in [-0.39, 0.29) is 11.8 Å². The van der Waals surface area contributed by atoms with Crippen LogP contribution < -0.4 is 10.6 Å². The van der Waals surface area contributed by atoms with E-state index in [2.05, 4.69) is 15.6 Å². The second-order valence-corrected chi connectivity index (χ2v) is 6.16. The average Bonchev–Trinajstić information content (AvgIpc) is 3.17. The first-order valence-electron chi connectivity index (χ1n) is 8.41. The number of amides is 1. The highest BCUT2D eigenvalue weighted by Crippen LogP contribution is 2.26. The molecule has 124 valence electrons. The van der Waals surface area contributed by atoms with Crippen molar-refractivity contribution in [1.29, 1.82) is 0 Å². The van der Waals surface area contributed by atoms with Gasteiger partial charge in [-0.05, 0) is 28.2 Å². The molecular weight excluding hydrogens is 310 g/mol. The van der Waals surface area contributed by atoms with Crippen molar-refractivity contribution < 1.29 is 4.79 Å². The van der Waals surface area contributed by atoms with Crippen molar-refractivity contribution in [3.05, 3.63) is 84.3 Å². The number of benzene rings is 2. The van der Waals surface area contributed by atoms with Crippen molar-refractivity contribution in [2.75, 3.05) is 6.54 Å². The summed E-state index contributed by atoms with van der Waals surface area (Å²) in [6.07, 6.45) is 5.58. The van der Waals surface area contributed by atoms with Gasteiger partial charge in [0.1, 0.15) is 0 Å². The van der Waals surface area contributed by atoms with Gasteiger partial charge in [-0.1, -0.05) is 48.5 Å². The summed E-state index contributed by atoms with van der Waals surface area (Å²) in [5, 5.41) is 8.50. The van der Waals surface area contributed by atoms with Gasteiger partial charge in [0.15, 0.2) is 0 Å². The standard InChI is InChI=1S/C21H19N3O/c25-21(20-14-23-13-19(20)15-5-2-1-3-6-15)24-12-17-8-4-7-16-11-22-10-9-18(16)17/h1-11,13,20,23H,12,14H2,(H,24,25)/t20-/m1/s1. The summed E-state index contributed by atoms with van der Waals surface area (Å²) < 4.78 is 0. The van der Waals surface area contributed by atoms with Crippen LogP contribution in [0.3, 0.4) is 0 Å². The lowest BCUT2D eigenvalue weighted by atomic mass is 9.94. The third-order valence-corrected chi connectivity index (χ3v) is 4.60. The van der Waals surface area contributed by atoms with Crippen LogP contribution in [0.1, 0.15) is 11.1 Å². The lowest BCUT2D eigenvalue weighted by Crippen LogP contribution is -2.33. The number of pyridine rings is 1. The van der Waals surface area contributed by atoms with E-state index in [0.717, 1.165) is 27.5 Å². The molecular formula is C21H19N3O. The van der Waals surface area contributed by atoms with Crippen molar-refractivity contribution in [3.8, 4) is 0 Å². The Kier molecular flexibility index (Phi) is 4.17. The Hall–Kier alpha value is -3.14. The summed E-state index contributed by atoms with van der Waals surface area (Å²) in [5.41, 5.74) is 3.23. The van der Waals surface area contributed by atoms with E-state index in [1.54, 1.807) is 6.20 Å². The van der Waals surface area contributed by atoms with Gasteiger partial charge >= 0.3 is 0 Å². The molecule has 1 amide bonds. The fraction of sp³-hybridized carbons (Fsp3) is 0.143. The molecule has 0 bridgehead atoms. The summed E-state index contributed by atoms with van der Waals surface area (Å²) in [4.78, 5) is 16.9. The minimum absolute atomic E-state index is 0.0474. The highest BCUT2D eigenvalue weighted by atomic mass is 16.1. The average molecular weight is 329 g/mol. The van der Waals surface area contributed by atoms with Crippen LogP contribution in [-0.2, 0) is 11.3 Å². The number of fused-ring (bicyclic) bond motifs is 1. The minimum Gasteiger partial charge on any atom is -0.389 e. The Morgan fingerprint density at radius 3 is 2.88 bits per heavy atom. The van der Waals surface area contributed by atoms with E-state index in [9.17, 15) is 4.79 Å². The van der Waals surface area contributed by atoms with Crippen molar-refractivity contribution in [2.45, 2.75) is 6.54 Å². The van der Waals surface area contributed by atoms with E-state index >= 15 is 0 Å². The van der Waals surface area contributed by atoms with Crippen LogP contribution in [0.15, 0.2) is 73.2 Å². The predicted molar refractivity (Wildman–Crippen MR) is 99.5 cm³/mol. The number of carbonyl (C=O) groups excluding carboxylic acids is 1. The Morgan fingerprint density at radius 1 is 1.12 bits per heavy atom. The zero-order valence-electron chi connectivity index (χ0n) is 13.8. The Labute approximate surface area is 146 Å². The molecule has 1 atom stereocenters. The van der Waals surface area contributed by atoms with Crippen LogP contribution in [0.5, 0.6) is 0 Å². The van der Waals surface area contributed by atoms with E-state index in [4.69, 9.17) is 0 Å². The highest BCUT2D eigenvalue weighted by molar-refractivity contribution is 5.93. The quantitative estimate of drug-likeness (QED) is 0.773. The lowest BCUT2D eigenvalue weighted by Gasteiger charge is -2.15. The maximum Gasteiger partial charge on any atom is 0.229 e. The van der Waals surface area contributed by atoms with Gasteiger partial charge in [0, 0.05) is 37.1 Å². The Balaban J connectivity index is 1.50. The van der Waals surface area contributed by atoms with E-state index in [0.29, 0.717) is 13.1 Å². The second kappa shape index (κ2) is 6.77. The summed E-state index contributed by atoms with van der Waals surface area (Å²) >= 11 is 0. The van der Waals surface area contributed by atoms with Crippen LogP contribution >= 0.6 is 0 Å². The molecule has 2 heterocycles. The molecule has 0 spiro atoms. The predicted octanol–water partition coefficient (Wildman–Crippen LogP) is 3.11. The Morgan fingerprint density at radius 2 is 2.00 bits per heavy atom. The number of rotatable bonds is 4. The third kappa shape index (κ3) is 3.11. The van der Waals surface area contributed by atoms with Crippen LogP contribution in [0.4, 0.5) is 0 Å². The zero-order valence-corrected chi connectivity index (χ0v) is 13.8. The summed E-state index contributed by atoms with van der Waals surface area (Å²) in [6.45, 7) is 1.15. The summed E-state index contributed by atoms with van der Waals surface area (Å²) in [5.74, 6) is -0.120. The molecule has 0 saturated heterocycles. The molecule has 25 heavy (non-hydrogen) atoms. The SMILES string of the molecule is O=C(NCc1cccc2cnccc12)[C@@H]1CNC=C1c1ccccc1. The minimum atomic E-state index is -0.168. The smallest absolute Gasteiger partial charge is 0.229 e. The molecule has 4 heteroatoms. The first-order valence-corrected chi connectivity index (χ1v) is 8.41. The summed E-state index contributed by atoms with van der Waals surface area (Å²) in [6, 6.07) is 18.1.